The molecule has 1 aliphatic rings. The standard InChI is InChI=1S/C17H30N4O2/c1-6-13-12(11-21(5)20-13)10-18-14-8-7-9-15(14)19-16(22)23-17(2,3)4/h11,14-15,18H,6-10H2,1-5H3,(H,19,22). The average molecular weight is 322 g/mol. The number of aromatic nitrogens is 2. The van der Waals surface area contributed by atoms with Gasteiger partial charge in [0.05, 0.1) is 5.69 Å². The number of aryl methyl sites for hydroxylation is 2. The molecule has 2 unspecified atom stereocenters. The number of hydrogen-bond acceptors (Lipinski definition) is 4. The van der Waals surface area contributed by atoms with Crippen LogP contribution in [0.4, 0.5) is 4.79 Å². The lowest BCUT2D eigenvalue weighted by atomic mass is 10.1. The number of hydrogen-bond donors (Lipinski definition) is 2. The molecule has 6 heteroatoms. The largest absolute Gasteiger partial charge is 0.444 e. The topological polar surface area (TPSA) is 68.2 Å². The maximum Gasteiger partial charge on any atom is 0.407 e. The highest BCUT2D eigenvalue weighted by Gasteiger charge is 2.30. The van der Waals surface area contributed by atoms with Crippen molar-refractivity contribution in [2.75, 3.05) is 0 Å². The van der Waals surface area contributed by atoms with Crippen LogP contribution in [0.25, 0.3) is 0 Å². The summed E-state index contributed by atoms with van der Waals surface area (Å²) in [5.74, 6) is 0. The predicted octanol–water partition coefficient (Wildman–Crippen LogP) is 2.52. The highest BCUT2D eigenvalue weighted by molar-refractivity contribution is 5.68. The normalized spacial score (nSPS) is 21.4. The second kappa shape index (κ2) is 7.34. The second-order valence-electron chi connectivity index (χ2n) is 7.30. The fourth-order valence-electron chi connectivity index (χ4n) is 3.11. The average Bonchev–Trinajstić information content (AvgIpc) is 3.00. The molecule has 1 amide bonds. The first-order valence-corrected chi connectivity index (χ1v) is 8.53. The molecule has 23 heavy (non-hydrogen) atoms. The number of rotatable bonds is 5. The lowest BCUT2D eigenvalue weighted by Gasteiger charge is -2.25. The van der Waals surface area contributed by atoms with Crippen molar-refractivity contribution in [2.45, 2.75) is 77.6 Å². The minimum Gasteiger partial charge on any atom is -0.444 e. The van der Waals surface area contributed by atoms with Crippen LogP contribution in [0.5, 0.6) is 0 Å². The van der Waals surface area contributed by atoms with Crippen molar-refractivity contribution in [1.29, 1.82) is 0 Å². The van der Waals surface area contributed by atoms with Gasteiger partial charge in [-0.3, -0.25) is 4.68 Å². The summed E-state index contributed by atoms with van der Waals surface area (Å²) in [7, 11) is 1.95. The number of alkyl carbamates (subject to hydrolysis) is 1. The number of carbonyl (C=O) groups excluding carboxylic acids is 1. The third-order valence-corrected chi connectivity index (χ3v) is 4.10. The molecule has 1 fully saturated rings. The highest BCUT2D eigenvalue weighted by Crippen LogP contribution is 2.21. The summed E-state index contributed by atoms with van der Waals surface area (Å²) >= 11 is 0. The number of nitrogens with one attached hydrogen (secondary N) is 2. The fourth-order valence-corrected chi connectivity index (χ4v) is 3.11. The molecule has 0 bridgehead atoms. The zero-order chi connectivity index (χ0) is 17.0. The van der Waals surface area contributed by atoms with E-state index in [1.807, 2.05) is 32.5 Å². The first-order chi connectivity index (χ1) is 10.8. The Hall–Kier alpha value is -1.56. The molecule has 1 heterocycles. The van der Waals surface area contributed by atoms with Crippen LogP contribution in [0.3, 0.4) is 0 Å². The summed E-state index contributed by atoms with van der Waals surface area (Å²) in [6.45, 7) is 8.55. The first kappa shape index (κ1) is 17.8. The van der Waals surface area contributed by atoms with Crippen LogP contribution in [-0.4, -0.2) is 33.6 Å². The minimum atomic E-state index is -0.461. The van der Waals surface area contributed by atoms with Crippen LogP contribution in [0.2, 0.25) is 0 Å². The van der Waals surface area contributed by atoms with Gasteiger partial charge in [0.2, 0.25) is 0 Å². The van der Waals surface area contributed by atoms with Gasteiger partial charge in [0.1, 0.15) is 5.60 Å². The van der Waals surface area contributed by atoms with Crippen molar-refractivity contribution in [3.63, 3.8) is 0 Å². The summed E-state index contributed by atoms with van der Waals surface area (Å²) < 4.78 is 7.22. The van der Waals surface area contributed by atoms with Gasteiger partial charge in [0.25, 0.3) is 0 Å². The highest BCUT2D eigenvalue weighted by atomic mass is 16.6. The molecule has 0 radical (unpaired) electrons. The molecule has 2 N–H and O–H groups in total. The Labute approximate surface area is 139 Å². The van der Waals surface area contributed by atoms with Crippen LogP contribution in [-0.2, 0) is 24.8 Å². The van der Waals surface area contributed by atoms with E-state index in [1.54, 1.807) is 0 Å². The van der Waals surface area contributed by atoms with Gasteiger partial charge in [-0.05, 0) is 46.5 Å². The Bertz CT molecular complexity index is 533. The van der Waals surface area contributed by atoms with Gasteiger partial charge in [-0.25, -0.2) is 4.79 Å². The zero-order valence-electron chi connectivity index (χ0n) is 15.0. The van der Waals surface area contributed by atoms with Crippen LogP contribution in [0, 0.1) is 0 Å². The van der Waals surface area contributed by atoms with Crippen molar-refractivity contribution in [3.8, 4) is 0 Å². The van der Waals surface area contributed by atoms with E-state index < -0.39 is 5.60 Å². The summed E-state index contributed by atoms with van der Waals surface area (Å²) in [5, 5.41) is 11.1. The van der Waals surface area contributed by atoms with Gasteiger partial charge in [-0.2, -0.15) is 5.10 Å². The van der Waals surface area contributed by atoms with Gasteiger partial charge >= 0.3 is 6.09 Å². The molecule has 2 rings (SSSR count). The van der Waals surface area contributed by atoms with E-state index in [-0.39, 0.29) is 18.2 Å². The van der Waals surface area contributed by atoms with Crippen molar-refractivity contribution in [3.05, 3.63) is 17.5 Å². The Morgan fingerprint density at radius 3 is 2.74 bits per heavy atom. The Morgan fingerprint density at radius 1 is 1.39 bits per heavy atom. The Kier molecular flexibility index (Phi) is 5.68. The van der Waals surface area contributed by atoms with E-state index in [9.17, 15) is 4.79 Å². The van der Waals surface area contributed by atoms with Crippen LogP contribution >= 0.6 is 0 Å². The van der Waals surface area contributed by atoms with E-state index in [4.69, 9.17) is 4.74 Å². The van der Waals surface area contributed by atoms with Crippen LogP contribution in [0.15, 0.2) is 6.20 Å². The van der Waals surface area contributed by atoms with E-state index in [2.05, 4.69) is 28.9 Å². The molecule has 0 aromatic carbocycles. The maximum absolute atomic E-state index is 12.0. The first-order valence-electron chi connectivity index (χ1n) is 8.53. The van der Waals surface area contributed by atoms with Crippen LogP contribution < -0.4 is 10.6 Å². The predicted molar refractivity (Wildman–Crippen MR) is 90.2 cm³/mol. The molecule has 2 atom stereocenters. The Morgan fingerprint density at radius 2 is 2.09 bits per heavy atom. The fraction of sp³-hybridized carbons (Fsp3) is 0.765. The van der Waals surface area contributed by atoms with Crippen molar-refractivity contribution < 1.29 is 9.53 Å². The molecular formula is C17H30N4O2. The molecular weight excluding hydrogens is 292 g/mol. The van der Waals surface area contributed by atoms with Crippen molar-refractivity contribution in [1.82, 2.24) is 20.4 Å². The summed E-state index contributed by atoms with van der Waals surface area (Å²) in [4.78, 5) is 12.0. The minimum absolute atomic E-state index is 0.131. The number of amides is 1. The molecule has 1 saturated carbocycles. The third kappa shape index (κ3) is 5.23. The summed E-state index contributed by atoms with van der Waals surface area (Å²) in [6, 6.07) is 0.416. The molecule has 1 aliphatic carbocycles. The quantitative estimate of drug-likeness (QED) is 0.874. The van der Waals surface area contributed by atoms with Crippen LogP contribution in [0.1, 0.15) is 58.2 Å². The Balaban J connectivity index is 1.88. The van der Waals surface area contributed by atoms with Crippen molar-refractivity contribution in [2.24, 2.45) is 7.05 Å². The number of nitrogens with zero attached hydrogens (tertiary/aromatic N) is 2. The second-order valence-corrected chi connectivity index (χ2v) is 7.30. The molecule has 0 spiro atoms. The molecule has 130 valence electrons. The molecule has 0 saturated heterocycles. The van der Waals surface area contributed by atoms with E-state index in [1.165, 1.54) is 5.56 Å². The van der Waals surface area contributed by atoms with Crippen molar-refractivity contribution >= 4 is 6.09 Å². The monoisotopic (exact) mass is 322 g/mol. The summed E-state index contributed by atoms with van der Waals surface area (Å²) in [5.41, 5.74) is 1.91. The van der Waals surface area contributed by atoms with E-state index >= 15 is 0 Å². The van der Waals surface area contributed by atoms with E-state index in [0.29, 0.717) is 0 Å². The van der Waals surface area contributed by atoms with Gasteiger partial charge < -0.3 is 15.4 Å². The molecule has 0 aliphatic heterocycles. The molecule has 6 nitrogen and oxygen atoms in total. The molecule has 1 aromatic heterocycles. The van der Waals surface area contributed by atoms with Gasteiger partial charge in [-0.15, -0.1) is 0 Å². The smallest absolute Gasteiger partial charge is 0.407 e. The van der Waals surface area contributed by atoms with Gasteiger partial charge in [0, 0.05) is 37.4 Å². The maximum atomic E-state index is 12.0. The third-order valence-electron chi connectivity index (χ3n) is 4.10. The SMILES string of the molecule is CCc1nn(C)cc1CNC1CCCC1NC(=O)OC(C)(C)C. The lowest BCUT2D eigenvalue weighted by Crippen LogP contribution is -2.47. The lowest BCUT2D eigenvalue weighted by molar-refractivity contribution is 0.0498. The van der Waals surface area contributed by atoms with Gasteiger partial charge in [0.15, 0.2) is 0 Å². The summed E-state index contributed by atoms with van der Waals surface area (Å²) in [6.07, 6.45) is 5.85. The number of ether oxygens (including phenoxy) is 1. The number of carbonyl (C=O) groups is 1. The van der Waals surface area contributed by atoms with E-state index in [0.717, 1.165) is 37.9 Å². The van der Waals surface area contributed by atoms with Gasteiger partial charge in [-0.1, -0.05) is 6.92 Å². The zero-order valence-corrected chi connectivity index (χ0v) is 15.0. The molecule has 1 aromatic rings.